The number of rotatable bonds is 4. The van der Waals surface area contributed by atoms with E-state index >= 15 is 0 Å². The lowest BCUT2D eigenvalue weighted by Gasteiger charge is -2.07. The minimum absolute atomic E-state index is 0.00584. The average Bonchev–Trinajstić information content (AvgIpc) is 2.62. The van der Waals surface area contributed by atoms with Gasteiger partial charge >= 0.3 is 0 Å². The largest absolute Gasteiger partial charge is 0.506 e. The lowest BCUT2D eigenvalue weighted by molar-refractivity contribution is -0.120. The van der Waals surface area contributed by atoms with Crippen molar-refractivity contribution in [2.75, 3.05) is 0 Å². The number of nitrogens with one attached hydrogen (secondary N) is 1. The van der Waals surface area contributed by atoms with Crippen LogP contribution in [-0.2, 0) is 11.2 Å². The summed E-state index contributed by atoms with van der Waals surface area (Å²) in [6, 6.07) is 14.8. The Bertz CT molecular complexity index is 1020. The number of hydrazone groups is 1. The van der Waals surface area contributed by atoms with Crippen molar-refractivity contribution in [2.45, 2.75) is 6.42 Å². The number of hydrogen-bond acceptors (Lipinski definition) is 3. The van der Waals surface area contributed by atoms with Gasteiger partial charge in [-0.2, -0.15) is 5.10 Å². The van der Waals surface area contributed by atoms with Crippen LogP contribution >= 0.6 is 43.5 Å². The molecule has 0 atom stereocenters. The second-order valence-electron chi connectivity index (χ2n) is 5.55. The molecule has 1 amide bonds. The van der Waals surface area contributed by atoms with Gasteiger partial charge in [0.25, 0.3) is 0 Å². The Morgan fingerprint density at radius 2 is 1.85 bits per heavy atom. The second kappa shape index (κ2) is 8.20. The summed E-state index contributed by atoms with van der Waals surface area (Å²) < 4.78 is 1.44. The highest BCUT2D eigenvalue weighted by Gasteiger charge is 2.09. The Hall–Kier alpha value is -1.89. The number of halogens is 3. The molecule has 0 aliphatic carbocycles. The minimum atomic E-state index is -0.255. The number of phenolic OH excluding ortho intramolecular Hbond substituents is 1. The second-order valence-corrected chi connectivity index (χ2v) is 7.69. The molecule has 3 aromatic carbocycles. The maximum atomic E-state index is 12.2. The van der Waals surface area contributed by atoms with Crippen molar-refractivity contribution < 1.29 is 9.90 Å². The van der Waals surface area contributed by atoms with Crippen molar-refractivity contribution in [3.05, 3.63) is 73.6 Å². The van der Waals surface area contributed by atoms with Crippen molar-refractivity contribution in [3.63, 3.8) is 0 Å². The van der Waals surface area contributed by atoms with E-state index in [0.29, 0.717) is 15.1 Å². The Morgan fingerprint density at radius 3 is 2.62 bits per heavy atom. The highest BCUT2D eigenvalue weighted by molar-refractivity contribution is 9.11. The zero-order valence-corrected chi connectivity index (χ0v) is 17.3. The number of aromatic hydroxyl groups is 1. The molecule has 0 heterocycles. The maximum Gasteiger partial charge on any atom is 0.244 e. The minimum Gasteiger partial charge on any atom is -0.506 e. The first-order valence-electron chi connectivity index (χ1n) is 7.61. The van der Waals surface area contributed by atoms with Crippen LogP contribution in [0.2, 0.25) is 5.02 Å². The van der Waals surface area contributed by atoms with Gasteiger partial charge < -0.3 is 5.11 Å². The first-order valence-corrected chi connectivity index (χ1v) is 9.58. The number of carbonyl (C=O) groups excluding carboxylic acids is 1. The van der Waals surface area contributed by atoms with E-state index in [4.69, 9.17) is 11.6 Å². The molecule has 0 fully saturated rings. The molecule has 0 aromatic heterocycles. The fourth-order valence-corrected chi connectivity index (χ4v) is 3.86. The van der Waals surface area contributed by atoms with Crippen molar-refractivity contribution in [1.29, 1.82) is 0 Å². The molecule has 26 heavy (non-hydrogen) atoms. The summed E-state index contributed by atoms with van der Waals surface area (Å²) in [7, 11) is 0. The van der Waals surface area contributed by atoms with E-state index in [1.165, 1.54) is 6.21 Å². The fourth-order valence-electron chi connectivity index (χ4n) is 2.55. The van der Waals surface area contributed by atoms with Crippen LogP contribution in [0.15, 0.2) is 62.6 Å². The van der Waals surface area contributed by atoms with E-state index in [0.717, 1.165) is 20.8 Å². The smallest absolute Gasteiger partial charge is 0.244 e. The summed E-state index contributed by atoms with van der Waals surface area (Å²) in [5.41, 5.74) is 3.78. The van der Waals surface area contributed by atoms with E-state index in [1.54, 1.807) is 12.1 Å². The zero-order chi connectivity index (χ0) is 18.7. The van der Waals surface area contributed by atoms with Gasteiger partial charge in [-0.3, -0.25) is 4.79 Å². The Morgan fingerprint density at radius 1 is 1.12 bits per heavy atom. The predicted molar refractivity (Wildman–Crippen MR) is 112 cm³/mol. The molecule has 132 valence electrons. The van der Waals surface area contributed by atoms with Gasteiger partial charge in [-0.25, -0.2) is 5.43 Å². The van der Waals surface area contributed by atoms with Crippen LogP contribution in [0.25, 0.3) is 10.8 Å². The molecule has 3 rings (SSSR count). The molecule has 7 heteroatoms. The maximum absolute atomic E-state index is 12.2. The molecule has 0 radical (unpaired) electrons. The number of carbonyl (C=O) groups is 1. The van der Waals surface area contributed by atoms with E-state index < -0.39 is 0 Å². The number of nitrogens with zero attached hydrogens (tertiary/aromatic N) is 1. The van der Waals surface area contributed by atoms with Crippen molar-refractivity contribution in [1.82, 2.24) is 5.43 Å². The Balaban J connectivity index is 1.74. The standard InChI is InChI=1S/C19H13Br2ClN2O2/c20-16-6-5-11(14-3-1-2-4-15(14)16)8-18(25)24-23-10-12-7-13(22)9-17(21)19(12)26/h1-7,9-10,26H,8H2,(H,24,25). The van der Waals surface area contributed by atoms with Crippen LogP contribution in [0.3, 0.4) is 0 Å². The van der Waals surface area contributed by atoms with Gasteiger partial charge in [0.15, 0.2) is 0 Å². The molecule has 0 bridgehead atoms. The van der Waals surface area contributed by atoms with Crippen LogP contribution in [0, 0.1) is 0 Å². The normalized spacial score (nSPS) is 11.2. The predicted octanol–water partition coefficient (Wildman–Crippen LogP) is 5.42. The quantitative estimate of drug-likeness (QED) is 0.375. The van der Waals surface area contributed by atoms with E-state index in [1.807, 2.05) is 36.4 Å². The van der Waals surface area contributed by atoms with Crippen molar-refractivity contribution >= 4 is 66.4 Å². The fraction of sp³-hybridized carbons (Fsp3) is 0.0526. The number of benzene rings is 3. The van der Waals surface area contributed by atoms with Gasteiger partial charge in [-0.1, -0.05) is 57.9 Å². The Labute approximate surface area is 172 Å². The third-order valence-electron chi connectivity index (χ3n) is 3.76. The van der Waals surface area contributed by atoms with Crippen LogP contribution in [0.1, 0.15) is 11.1 Å². The number of fused-ring (bicyclic) bond motifs is 1. The highest BCUT2D eigenvalue weighted by Crippen LogP contribution is 2.30. The lowest BCUT2D eigenvalue weighted by atomic mass is 10.0. The molecular weight excluding hydrogens is 483 g/mol. The first-order chi connectivity index (χ1) is 12.5. The summed E-state index contributed by atoms with van der Waals surface area (Å²) in [5, 5.41) is 16.4. The molecule has 2 N–H and O–H groups in total. The van der Waals surface area contributed by atoms with Crippen LogP contribution in [0.5, 0.6) is 5.75 Å². The van der Waals surface area contributed by atoms with E-state index in [9.17, 15) is 9.90 Å². The van der Waals surface area contributed by atoms with Crippen LogP contribution in [0.4, 0.5) is 0 Å². The summed E-state index contributed by atoms with van der Waals surface area (Å²) in [4.78, 5) is 12.2. The van der Waals surface area contributed by atoms with Gasteiger partial charge in [0.1, 0.15) is 5.75 Å². The molecule has 0 aliphatic heterocycles. The van der Waals surface area contributed by atoms with Gasteiger partial charge in [0, 0.05) is 15.1 Å². The molecule has 0 spiro atoms. The molecular formula is C19H13Br2ClN2O2. The van der Waals surface area contributed by atoms with Gasteiger partial charge in [0.2, 0.25) is 5.91 Å². The monoisotopic (exact) mass is 494 g/mol. The van der Waals surface area contributed by atoms with Gasteiger partial charge in [-0.15, -0.1) is 0 Å². The van der Waals surface area contributed by atoms with Crippen molar-refractivity contribution in [2.24, 2.45) is 5.10 Å². The van der Waals surface area contributed by atoms with Crippen LogP contribution in [-0.4, -0.2) is 17.2 Å². The van der Waals surface area contributed by atoms with E-state index in [2.05, 4.69) is 42.4 Å². The van der Waals surface area contributed by atoms with E-state index in [-0.39, 0.29) is 18.1 Å². The summed E-state index contributed by atoms with van der Waals surface area (Å²) >= 11 is 12.7. The lowest BCUT2D eigenvalue weighted by Crippen LogP contribution is -2.19. The molecule has 0 unspecified atom stereocenters. The van der Waals surface area contributed by atoms with Crippen molar-refractivity contribution in [3.8, 4) is 5.75 Å². The third-order valence-corrected chi connectivity index (χ3v) is 5.28. The van der Waals surface area contributed by atoms with Gasteiger partial charge in [0.05, 0.1) is 17.1 Å². The molecule has 0 aliphatic rings. The number of hydrogen-bond donors (Lipinski definition) is 2. The third kappa shape index (κ3) is 4.26. The zero-order valence-electron chi connectivity index (χ0n) is 13.3. The Kier molecular flexibility index (Phi) is 5.96. The molecule has 0 saturated carbocycles. The summed E-state index contributed by atoms with van der Waals surface area (Å²) in [6.45, 7) is 0. The average molecular weight is 497 g/mol. The SMILES string of the molecule is O=C(Cc1ccc(Br)c2ccccc12)NN=Cc1cc(Cl)cc(Br)c1O. The first kappa shape index (κ1) is 18.9. The summed E-state index contributed by atoms with van der Waals surface area (Å²) in [5.74, 6) is -0.249. The molecule has 3 aromatic rings. The molecule has 0 saturated heterocycles. The summed E-state index contributed by atoms with van der Waals surface area (Å²) in [6.07, 6.45) is 1.54. The van der Waals surface area contributed by atoms with Crippen LogP contribution < -0.4 is 5.43 Å². The van der Waals surface area contributed by atoms with Gasteiger partial charge in [-0.05, 0) is 50.5 Å². The topological polar surface area (TPSA) is 61.7 Å². The molecule has 4 nitrogen and oxygen atoms in total. The number of amides is 1. The highest BCUT2D eigenvalue weighted by atomic mass is 79.9. The number of phenols is 1.